The van der Waals surface area contributed by atoms with E-state index in [0.29, 0.717) is 19.3 Å². The minimum Gasteiger partial charge on any atom is -0.462 e. The first kappa shape index (κ1) is 65.4. The van der Waals surface area contributed by atoms with Gasteiger partial charge in [0.2, 0.25) is 0 Å². The van der Waals surface area contributed by atoms with Crippen molar-refractivity contribution >= 4 is 17.9 Å². The molecule has 0 saturated carbocycles. The first-order valence-corrected chi connectivity index (χ1v) is 30.1. The van der Waals surface area contributed by atoms with Crippen molar-refractivity contribution in [3.8, 4) is 0 Å². The van der Waals surface area contributed by atoms with E-state index in [0.717, 1.165) is 75.5 Å². The molecule has 67 heavy (non-hydrogen) atoms. The lowest BCUT2D eigenvalue weighted by Crippen LogP contribution is -2.30. The van der Waals surface area contributed by atoms with Crippen molar-refractivity contribution in [3.05, 3.63) is 0 Å². The Labute approximate surface area is 418 Å². The third-order valence-corrected chi connectivity index (χ3v) is 14.3. The van der Waals surface area contributed by atoms with E-state index in [1.54, 1.807) is 0 Å². The highest BCUT2D eigenvalue weighted by Gasteiger charge is 2.19. The molecular formula is C61H118O6. The Morgan fingerprint density at radius 1 is 0.299 bits per heavy atom. The minimum atomic E-state index is -0.764. The largest absolute Gasteiger partial charge is 0.462 e. The van der Waals surface area contributed by atoms with Crippen molar-refractivity contribution in [1.82, 2.24) is 0 Å². The van der Waals surface area contributed by atoms with Gasteiger partial charge in [0.25, 0.3) is 0 Å². The fourth-order valence-corrected chi connectivity index (χ4v) is 9.32. The van der Waals surface area contributed by atoms with Gasteiger partial charge in [0.1, 0.15) is 13.2 Å². The van der Waals surface area contributed by atoms with E-state index >= 15 is 0 Å². The summed E-state index contributed by atoms with van der Waals surface area (Å²) in [4.78, 5) is 38.2. The normalized spacial score (nSPS) is 12.5. The van der Waals surface area contributed by atoms with Crippen LogP contribution in [0.15, 0.2) is 0 Å². The van der Waals surface area contributed by atoms with Gasteiger partial charge in [0.15, 0.2) is 6.10 Å². The number of ether oxygens (including phenoxy) is 3. The van der Waals surface area contributed by atoms with Crippen LogP contribution in [0.1, 0.15) is 337 Å². The van der Waals surface area contributed by atoms with E-state index in [4.69, 9.17) is 14.2 Å². The van der Waals surface area contributed by atoms with Gasteiger partial charge in [0, 0.05) is 19.3 Å². The van der Waals surface area contributed by atoms with E-state index in [-0.39, 0.29) is 31.1 Å². The van der Waals surface area contributed by atoms with E-state index < -0.39 is 6.10 Å². The summed E-state index contributed by atoms with van der Waals surface area (Å²) in [7, 11) is 0. The van der Waals surface area contributed by atoms with Gasteiger partial charge in [-0.1, -0.05) is 298 Å². The maximum atomic E-state index is 12.9. The number of carbonyl (C=O) groups excluding carboxylic acids is 3. The van der Waals surface area contributed by atoms with Crippen molar-refractivity contribution in [2.75, 3.05) is 13.2 Å². The van der Waals surface area contributed by atoms with Gasteiger partial charge >= 0.3 is 17.9 Å². The first-order chi connectivity index (χ1) is 32.6. The average Bonchev–Trinajstić information content (AvgIpc) is 3.30. The van der Waals surface area contributed by atoms with Crippen LogP contribution < -0.4 is 0 Å². The molecule has 398 valence electrons. The molecule has 0 radical (unpaired) electrons. The summed E-state index contributed by atoms with van der Waals surface area (Å²) in [6, 6.07) is 0. The molecule has 0 aliphatic heterocycles. The molecule has 0 aromatic carbocycles. The zero-order valence-corrected chi connectivity index (χ0v) is 46.2. The van der Waals surface area contributed by atoms with Crippen LogP contribution in [-0.2, 0) is 28.6 Å². The summed E-state index contributed by atoms with van der Waals surface area (Å²) in [5, 5.41) is 0. The number of carbonyl (C=O) groups is 3. The lowest BCUT2D eigenvalue weighted by Gasteiger charge is -2.18. The Bertz CT molecular complexity index is 1040. The van der Waals surface area contributed by atoms with E-state index in [1.807, 2.05) is 0 Å². The number of rotatable bonds is 54. The molecule has 0 saturated heterocycles. The molecule has 6 heteroatoms. The molecule has 2 atom stereocenters. The van der Waals surface area contributed by atoms with Crippen molar-refractivity contribution in [1.29, 1.82) is 0 Å². The molecule has 0 N–H and O–H groups in total. The maximum absolute atomic E-state index is 12.9. The van der Waals surface area contributed by atoms with E-state index in [1.165, 1.54) is 218 Å². The zero-order chi connectivity index (χ0) is 49.1. The number of esters is 3. The lowest BCUT2D eigenvalue weighted by molar-refractivity contribution is -0.167. The average molecular weight is 948 g/mol. The second kappa shape index (κ2) is 52.2. The van der Waals surface area contributed by atoms with Crippen molar-refractivity contribution in [2.45, 2.75) is 343 Å². The summed E-state index contributed by atoms with van der Waals surface area (Å²) < 4.78 is 16.9. The van der Waals surface area contributed by atoms with Gasteiger partial charge < -0.3 is 14.2 Å². The fourth-order valence-electron chi connectivity index (χ4n) is 9.32. The van der Waals surface area contributed by atoms with Crippen LogP contribution in [0.3, 0.4) is 0 Å². The molecule has 0 bridgehead atoms. The van der Waals surface area contributed by atoms with Crippen LogP contribution in [0.25, 0.3) is 0 Å². The van der Waals surface area contributed by atoms with Crippen LogP contribution in [0.5, 0.6) is 0 Å². The quantitative estimate of drug-likeness (QED) is 0.0343. The predicted octanol–water partition coefficient (Wildman–Crippen LogP) is 19.9. The van der Waals surface area contributed by atoms with Crippen LogP contribution >= 0.6 is 0 Å². The maximum Gasteiger partial charge on any atom is 0.306 e. The number of hydrogen-bond acceptors (Lipinski definition) is 6. The Hall–Kier alpha value is -1.59. The smallest absolute Gasteiger partial charge is 0.306 e. The molecule has 0 spiro atoms. The third-order valence-electron chi connectivity index (χ3n) is 14.3. The van der Waals surface area contributed by atoms with Crippen LogP contribution in [0, 0.1) is 17.8 Å². The molecule has 0 amide bonds. The Balaban J connectivity index is 4.25. The number of hydrogen-bond donors (Lipinski definition) is 0. The predicted molar refractivity (Wildman–Crippen MR) is 289 cm³/mol. The molecule has 6 nitrogen and oxygen atoms in total. The number of unbranched alkanes of at least 4 members (excludes halogenated alkanes) is 36. The van der Waals surface area contributed by atoms with Crippen molar-refractivity contribution in [3.63, 3.8) is 0 Å². The highest BCUT2D eigenvalue weighted by atomic mass is 16.6. The van der Waals surface area contributed by atoms with Gasteiger partial charge in [-0.3, -0.25) is 14.4 Å². The Kier molecular flexibility index (Phi) is 51.0. The van der Waals surface area contributed by atoms with Gasteiger partial charge in [-0.25, -0.2) is 0 Å². The monoisotopic (exact) mass is 947 g/mol. The molecule has 1 unspecified atom stereocenters. The lowest BCUT2D eigenvalue weighted by atomic mass is 9.99. The van der Waals surface area contributed by atoms with E-state index in [9.17, 15) is 14.4 Å². The highest BCUT2D eigenvalue weighted by Crippen LogP contribution is 2.19. The van der Waals surface area contributed by atoms with Gasteiger partial charge in [-0.05, 0) is 37.0 Å². The first-order valence-electron chi connectivity index (χ1n) is 30.1. The topological polar surface area (TPSA) is 78.9 Å². The van der Waals surface area contributed by atoms with Gasteiger partial charge in [-0.15, -0.1) is 0 Å². The zero-order valence-electron chi connectivity index (χ0n) is 46.2. The van der Waals surface area contributed by atoms with Crippen molar-refractivity contribution in [2.24, 2.45) is 17.8 Å². The summed E-state index contributed by atoms with van der Waals surface area (Å²) in [5.74, 6) is 1.71. The molecule has 0 heterocycles. The molecule has 0 fully saturated rings. The second-order valence-corrected chi connectivity index (χ2v) is 22.2. The molecular weight excluding hydrogens is 829 g/mol. The summed E-state index contributed by atoms with van der Waals surface area (Å²) >= 11 is 0. The highest BCUT2D eigenvalue weighted by molar-refractivity contribution is 5.71. The summed E-state index contributed by atoms with van der Waals surface area (Å²) in [5.41, 5.74) is 0. The third kappa shape index (κ3) is 53.6. The minimum absolute atomic E-state index is 0.0636. The summed E-state index contributed by atoms with van der Waals surface area (Å²) in [6.07, 6.45) is 55.3. The van der Waals surface area contributed by atoms with Gasteiger partial charge in [-0.2, -0.15) is 0 Å². The second-order valence-electron chi connectivity index (χ2n) is 22.2. The molecule has 0 aromatic rings. The van der Waals surface area contributed by atoms with Crippen molar-refractivity contribution < 1.29 is 28.6 Å². The standard InChI is InChI=1S/C61H118O6/c1-7-57(6)49-43-37-31-25-19-14-12-10-8-9-11-13-15-21-27-34-40-46-52-61(64)67-58(54-66-60(63)51-45-39-33-28-22-24-30-36-42-48-56(4)5)53-65-59(62)50-44-38-32-26-20-17-16-18-23-29-35-41-47-55(2)3/h55-58H,7-54H2,1-6H3/t57?,58-/m0/s1. The summed E-state index contributed by atoms with van der Waals surface area (Å²) in [6.45, 7) is 13.8. The van der Waals surface area contributed by atoms with Crippen LogP contribution in [0.4, 0.5) is 0 Å². The van der Waals surface area contributed by atoms with E-state index in [2.05, 4.69) is 41.5 Å². The van der Waals surface area contributed by atoms with Gasteiger partial charge in [0.05, 0.1) is 0 Å². The van der Waals surface area contributed by atoms with Crippen LogP contribution in [0.2, 0.25) is 0 Å². The fraction of sp³-hybridized carbons (Fsp3) is 0.951. The molecule has 0 rings (SSSR count). The molecule has 0 aromatic heterocycles. The Morgan fingerprint density at radius 3 is 0.776 bits per heavy atom. The SMILES string of the molecule is CCC(C)CCCCCCCCCCCCCCCCCCCCC(=O)O[C@@H](COC(=O)CCCCCCCCCCCCCCC(C)C)COC(=O)CCCCCCCCCCCC(C)C. The van der Waals surface area contributed by atoms with Crippen LogP contribution in [-0.4, -0.2) is 37.2 Å². The molecule has 0 aliphatic rings. The Morgan fingerprint density at radius 2 is 0.522 bits per heavy atom. The molecule has 0 aliphatic carbocycles.